The van der Waals surface area contributed by atoms with E-state index in [-0.39, 0.29) is 0 Å². The molecule has 0 aliphatic rings. The number of hydrogen-bond acceptors (Lipinski definition) is 2. The zero-order valence-corrected chi connectivity index (χ0v) is 9.93. The predicted octanol–water partition coefficient (Wildman–Crippen LogP) is 2.61. The molecule has 0 bridgehead atoms. The molecule has 0 aliphatic heterocycles. The Labute approximate surface area is 102 Å². The molecule has 88 valence electrons. The Morgan fingerprint density at radius 1 is 1.00 bits per heavy atom. The van der Waals surface area contributed by atoms with Crippen molar-refractivity contribution < 1.29 is 5.11 Å². The van der Waals surface area contributed by atoms with Crippen molar-refractivity contribution in [2.45, 2.75) is 6.10 Å². The van der Waals surface area contributed by atoms with Crippen LogP contribution in [0.5, 0.6) is 0 Å². The topological polar surface area (TPSA) is 32.3 Å². The fourth-order valence-corrected chi connectivity index (χ4v) is 1.97. The molecule has 17 heavy (non-hydrogen) atoms. The maximum atomic E-state index is 10.1. The van der Waals surface area contributed by atoms with Crippen molar-refractivity contribution in [3.8, 4) is 11.1 Å². The fourth-order valence-electron chi connectivity index (χ4n) is 1.97. The van der Waals surface area contributed by atoms with Crippen molar-refractivity contribution in [2.24, 2.45) is 0 Å². The van der Waals surface area contributed by atoms with E-state index in [1.54, 1.807) is 0 Å². The summed E-state index contributed by atoms with van der Waals surface area (Å²) in [4.78, 5) is 0. The third-order valence-corrected chi connectivity index (χ3v) is 2.80. The van der Waals surface area contributed by atoms with Crippen molar-refractivity contribution in [1.29, 1.82) is 0 Å². The van der Waals surface area contributed by atoms with Crippen LogP contribution in [-0.2, 0) is 0 Å². The SMILES string of the molecule is CNCC(O)c1ccccc1-c1ccccc1. The molecule has 0 heterocycles. The van der Waals surface area contributed by atoms with Crippen molar-refractivity contribution in [1.82, 2.24) is 5.32 Å². The molecule has 1 unspecified atom stereocenters. The molecule has 0 aliphatic carbocycles. The zero-order chi connectivity index (χ0) is 12.1. The lowest BCUT2D eigenvalue weighted by Gasteiger charge is -2.15. The van der Waals surface area contributed by atoms with Gasteiger partial charge in [-0.2, -0.15) is 0 Å². The van der Waals surface area contributed by atoms with E-state index in [2.05, 4.69) is 17.4 Å². The minimum absolute atomic E-state index is 0.476. The highest BCUT2D eigenvalue weighted by Crippen LogP contribution is 2.27. The summed E-state index contributed by atoms with van der Waals surface area (Å²) in [6.07, 6.45) is -0.476. The lowest BCUT2D eigenvalue weighted by Crippen LogP contribution is -2.17. The normalized spacial score (nSPS) is 12.4. The van der Waals surface area contributed by atoms with Gasteiger partial charge < -0.3 is 10.4 Å². The van der Waals surface area contributed by atoms with Gasteiger partial charge in [0.1, 0.15) is 0 Å². The van der Waals surface area contributed by atoms with Crippen LogP contribution >= 0.6 is 0 Å². The van der Waals surface area contributed by atoms with Gasteiger partial charge in [-0.3, -0.25) is 0 Å². The Morgan fingerprint density at radius 2 is 1.65 bits per heavy atom. The predicted molar refractivity (Wildman–Crippen MR) is 70.8 cm³/mol. The molecular weight excluding hydrogens is 210 g/mol. The monoisotopic (exact) mass is 227 g/mol. The van der Waals surface area contributed by atoms with Crippen LogP contribution in [0.4, 0.5) is 0 Å². The maximum Gasteiger partial charge on any atom is 0.0920 e. The summed E-state index contributed by atoms with van der Waals surface area (Å²) < 4.78 is 0. The summed E-state index contributed by atoms with van der Waals surface area (Å²) in [6, 6.07) is 18.1. The van der Waals surface area contributed by atoms with Crippen LogP contribution in [0.3, 0.4) is 0 Å². The molecule has 0 aromatic heterocycles. The number of hydrogen-bond donors (Lipinski definition) is 2. The van der Waals surface area contributed by atoms with Crippen molar-refractivity contribution in [3.63, 3.8) is 0 Å². The van der Waals surface area contributed by atoms with E-state index >= 15 is 0 Å². The second-order valence-corrected chi connectivity index (χ2v) is 4.03. The van der Waals surface area contributed by atoms with Crippen LogP contribution in [0.1, 0.15) is 11.7 Å². The summed E-state index contributed by atoms with van der Waals surface area (Å²) in [5, 5.41) is 13.1. The molecule has 0 fully saturated rings. The van der Waals surface area contributed by atoms with Gasteiger partial charge in [0.05, 0.1) is 6.10 Å². The van der Waals surface area contributed by atoms with Crippen molar-refractivity contribution in [3.05, 3.63) is 60.2 Å². The number of nitrogens with one attached hydrogen (secondary N) is 1. The number of benzene rings is 2. The molecule has 2 heteroatoms. The molecule has 2 aromatic rings. The minimum Gasteiger partial charge on any atom is -0.387 e. The van der Waals surface area contributed by atoms with Crippen LogP contribution in [0.2, 0.25) is 0 Å². The molecule has 2 N–H and O–H groups in total. The molecule has 0 spiro atoms. The highest BCUT2D eigenvalue weighted by atomic mass is 16.3. The number of likely N-dealkylation sites (N-methyl/N-ethyl adjacent to an activating group) is 1. The first-order chi connectivity index (χ1) is 8.33. The third-order valence-electron chi connectivity index (χ3n) is 2.80. The van der Waals surface area contributed by atoms with E-state index in [9.17, 15) is 5.11 Å². The van der Waals surface area contributed by atoms with E-state index in [1.807, 2.05) is 49.5 Å². The lowest BCUT2D eigenvalue weighted by molar-refractivity contribution is 0.178. The van der Waals surface area contributed by atoms with Gasteiger partial charge in [-0.05, 0) is 23.7 Å². The Kier molecular flexibility index (Phi) is 3.91. The summed E-state index contributed by atoms with van der Waals surface area (Å²) >= 11 is 0. The van der Waals surface area contributed by atoms with E-state index in [4.69, 9.17) is 0 Å². The fraction of sp³-hybridized carbons (Fsp3) is 0.200. The molecule has 0 saturated carbocycles. The number of aliphatic hydroxyl groups excluding tert-OH is 1. The minimum atomic E-state index is -0.476. The quantitative estimate of drug-likeness (QED) is 0.841. The molecule has 2 nitrogen and oxygen atoms in total. The Bertz CT molecular complexity index is 467. The highest BCUT2D eigenvalue weighted by Gasteiger charge is 2.11. The Morgan fingerprint density at radius 3 is 2.35 bits per heavy atom. The summed E-state index contributed by atoms with van der Waals surface area (Å²) in [5.41, 5.74) is 3.20. The molecular formula is C15H17NO. The van der Waals surface area contributed by atoms with Gasteiger partial charge in [-0.15, -0.1) is 0 Å². The molecule has 0 saturated heterocycles. The summed E-state index contributed by atoms with van der Waals surface area (Å²) in [7, 11) is 1.84. The summed E-state index contributed by atoms with van der Waals surface area (Å²) in [6.45, 7) is 0.559. The highest BCUT2D eigenvalue weighted by molar-refractivity contribution is 5.67. The molecule has 2 rings (SSSR count). The van der Waals surface area contributed by atoms with Gasteiger partial charge in [0.2, 0.25) is 0 Å². The average molecular weight is 227 g/mol. The van der Waals surface area contributed by atoms with Gasteiger partial charge in [-0.25, -0.2) is 0 Å². The Balaban J connectivity index is 2.41. The van der Waals surface area contributed by atoms with Crippen molar-refractivity contribution in [2.75, 3.05) is 13.6 Å². The smallest absolute Gasteiger partial charge is 0.0920 e. The van der Waals surface area contributed by atoms with Crippen LogP contribution in [-0.4, -0.2) is 18.7 Å². The largest absolute Gasteiger partial charge is 0.387 e. The lowest BCUT2D eigenvalue weighted by atomic mass is 9.96. The standard InChI is InChI=1S/C15H17NO/c1-16-11-15(17)14-10-6-5-9-13(14)12-7-3-2-4-8-12/h2-10,15-17H,11H2,1H3. The third kappa shape index (κ3) is 2.73. The van der Waals surface area contributed by atoms with E-state index in [0.29, 0.717) is 6.54 Å². The first-order valence-electron chi connectivity index (χ1n) is 5.80. The van der Waals surface area contributed by atoms with Crippen LogP contribution in [0, 0.1) is 0 Å². The van der Waals surface area contributed by atoms with E-state index in [0.717, 1.165) is 16.7 Å². The second-order valence-electron chi connectivity index (χ2n) is 4.03. The molecule has 0 amide bonds. The number of aliphatic hydroxyl groups is 1. The maximum absolute atomic E-state index is 10.1. The average Bonchev–Trinajstić information content (AvgIpc) is 2.40. The van der Waals surface area contributed by atoms with E-state index < -0.39 is 6.10 Å². The summed E-state index contributed by atoms with van der Waals surface area (Å²) in [5.74, 6) is 0. The van der Waals surface area contributed by atoms with Gasteiger partial charge in [0, 0.05) is 6.54 Å². The van der Waals surface area contributed by atoms with Gasteiger partial charge >= 0.3 is 0 Å². The first-order valence-corrected chi connectivity index (χ1v) is 5.80. The van der Waals surface area contributed by atoms with Crippen LogP contribution < -0.4 is 5.32 Å². The molecule has 1 atom stereocenters. The van der Waals surface area contributed by atoms with Crippen molar-refractivity contribution >= 4 is 0 Å². The molecule has 2 aromatic carbocycles. The second kappa shape index (κ2) is 5.62. The van der Waals surface area contributed by atoms with Gasteiger partial charge in [0.25, 0.3) is 0 Å². The van der Waals surface area contributed by atoms with E-state index in [1.165, 1.54) is 0 Å². The van der Waals surface area contributed by atoms with Crippen LogP contribution in [0.25, 0.3) is 11.1 Å². The molecule has 0 radical (unpaired) electrons. The van der Waals surface area contributed by atoms with Crippen LogP contribution in [0.15, 0.2) is 54.6 Å². The van der Waals surface area contributed by atoms with Gasteiger partial charge in [0.15, 0.2) is 0 Å². The Hall–Kier alpha value is -1.64. The zero-order valence-electron chi connectivity index (χ0n) is 9.93. The number of rotatable bonds is 4. The van der Waals surface area contributed by atoms with Gasteiger partial charge in [-0.1, -0.05) is 54.6 Å². The first kappa shape index (κ1) is 11.8.